The molecule has 0 amide bonds. The van der Waals surface area contributed by atoms with Crippen LogP contribution in [0.25, 0.3) is 10.8 Å². The summed E-state index contributed by atoms with van der Waals surface area (Å²) in [7, 11) is 0. The number of nitrogens with zero attached hydrogens (tertiary/aromatic N) is 2. The van der Waals surface area contributed by atoms with E-state index in [0.29, 0.717) is 9.71 Å². The largest absolute Gasteiger partial charge is 0.438 e. The minimum absolute atomic E-state index is 0.0857. The maximum atomic E-state index is 5.98. The second-order valence-electron chi connectivity index (χ2n) is 6.17. The van der Waals surface area contributed by atoms with Gasteiger partial charge in [-0.2, -0.15) is 4.98 Å². The van der Waals surface area contributed by atoms with Crippen LogP contribution in [0.15, 0.2) is 48.7 Å². The summed E-state index contributed by atoms with van der Waals surface area (Å²) in [5, 5.41) is 2.32. The summed E-state index contributed by atoms with van der Waals surface area (Å²) in [5.74, 6) is 1.38. The molecule has 2 aromatic carbocycles. The molecule has 0 unspecified atom stereocenters. The molecule has 1 aromatic heterocycles. The van der Waals surface area contributed by atoms with Crippen molar-refractivity contribution in [1.82, 2.24) is 9.97 Å². The lowest BCUT2D eigenvalue weighted by atomic mass is 9.83. The maximum absolute atomic E-state index is 5.98. The van der Waals surface area contributed by atoms with E-state index in [0.717, 1.165) is 11.1 Å². The van der Waals surface area contributed by atoms with Crippen LogP contribution < -0.4 is 4.74 Å². The van der Waals surface area contributed by atoms with Gasteiger partial charge in [-0.15, -0.1) is 0 Å². The first kappa shape index (κ1) is 15.2. The van der Waals surface area contributed by atoms with E-state index >= 15 is 0 Å². The summed E-state index contributed by atoms with van der Waals surface area (Å²) in [4.78, 5) is 8.39. The van der Waals surface area contributed by atoms with Crippen molar-refractivity contribution in [3.8, 4) is 11.6 Å². The van der Waals surface area contributed by atoms with Gasteiger partial charge in [0.1, 0.15) is 5.75 Å². The summed E-state index contributed by atoms with van der Waals surface area (Å²) in [6.07, 6.45) is 1.70. The van der Waals surface area contributed by atoms with Crippen molar-refractivity contribution in [2.24, 2.45) is 0 Å². The number of fused-ring (bicyclic) bond motifs is 1. The molecule has 0 N–H and O–H groups in total. The molecule has 3 nitrogen and oxygen atoms in total. The Balaban J connectivity index is 2.12. The fourth-order valence-electron chi connectivity index (χ4n) is 2.50. The minimum Gasteiger partial charge on any atom is -0.438 e. The first-order valence-corrected chi connectivity index (χ1v) is 8.22. The molecule has 22 heavy (non-hydrogen) atoms. The third-order valence-electron chi connectivity index (χ3n) is 3.51. The van der Waals surface area contributed by atoms with E-state index in [1.165, 1.54) is 10.9 Å². The van der Waals surface area contributed by atoms with Crippen LogP contribution in [0.5, 0.6) is 11.6 Å². The number of halogens is 1. The molecular formula is C18H17IN2O. The van der Waals surface area contributed by atoms with Gasteiger partial charge in [0.2, 0.25) is 5.88 Å². The zero-order chi connectivity index (χ0) is 15.7. The van der Waals surface area contributed by atoms with Crippen molar-refractivity contribution < 1.29 is 4.74 Å². The van der Waals surface area contributed by atoms with Gasteiger partial charge in [0, 0.05) is 40.2 Å². The molecule has 0 saturated carbocycles. The highest BCUT2D eigenvalue weighted by Crippen LogP contribution is 2.36. The van der Waals surface area contributed by atoms with Crippen molar-refractivity contribution in [3.05, 3.63) is 58.1 Å². The summed E-state index contributed by atoms with van der Waals surface area (Å²) in [6, 6.07) is 14.3. The molecule has 0 aliphatic rings. The van der Waals surface area contributed by atoms with Gasteiger partial charge in [-0.25, -0.2) is 4.98 Å². The standard InChI is InChI=1S/C18H17IN2O/c1-18(2,3)14-8-9-15(13-7-5-4-6-12(13)14)22-16-10-11-20-17(19)21-16/h4-11H,1-3H3. The zero-order valence-corrected chi connectivity index (χ0v) is 15.0. The van der Waals surface area contributed by atoms with E-state index in [9.17, 15) is 0 Å². The normalized spacial score (nSPS) is 11.6. The molecule has 112 valence electrons. The third-order valence-corrected chi connectivity index (χ3v) is 4.03. The van der Waals surface area contributed by atoms with Gasteiger partial charge in [-0.1, -0.05) is 51.1 Å². The van der Waals surface area contributed by atoms with Crippen molar-refractivity contribution in [2.45, 2.75) is 26.2 Å². The molecule has 0 saturated heterocycles. The minimum atomic E-state index is 0.0857. The van der Waals surface area contributed by atoms with Crippen LogP contribution in [0.1, 0.15) is 26.3 Å². The van der Waals surface area contributed by atoms with Crippen LogP contribution in [0.3, 0.4) is 0 Å². The number of hydrogen-bond acceptors (Lipinski definition) is 3. The summed E-state index contributed by atoms with van der Waals surface area (Å²) in [6.45, 7) is 6.67. The number of hydrogen-bond donors (Lipinski definition) is 0. The summed E-state index contributed by atoms with van der Waals surface area (Å²) >= 11 is 2.08. The first-order chi connectivity index (χ1) is 10.4. The molecular weight excluding hydrogens is 387 g/mol. The molecule has 3 rings (SSSR count). The number of rotatable bonds is 2. The Morgan fingerprint density at radius 2 is 1.68 bits per heavy atom. The van der Waals surface area contributed by atoms with Gasteiger partial charge in [0.25, 0.3) is 0 Å². The predicted molar refractivity (Wildman–Crippen MR) is 97.5 cm³/mol. The molecule has 0 aliphatic heterocycles. The smallest absolute Gasteiger partial charge is 0.223 e. The highest BCUT2D eigenvalue weighted by molar-refractivity contribution is 14.1. The maximum Gasteiger partial charge on any atom is 0.223 e. The number of aromatic nitrogens is 2. The average Bonchev–Trinajstić information content (AvgIpc) is 2.46. The fraction of sp³-hybridized carbons (Fsp3) is 0.222. The molecule has 3 aromatic rings. The summed E-state index contributed by atoms with van der Waals surface area (Å²) in [5.41, 5.74) is 1.40. The van der Waals surface area contributed by atoms with Gasteiger partial charge in [-0.05, 0) is 22.4 Å². The molecule has 0 fully saturated rings. The van der Waals surface area contributed by atoms with E-state index in [2.05, 4.69) is 77.6 Å². The number of benzene rings is 2. The quantitative estimate of drug-likeness (QED) is 0.428. The van der Waals surface area contributed by atoms with Gasteiger partial charge in [0.05, 0.1) is 0 Å². The Bertz CT molecular complexity index is 825. The lowest BCUT2D eigenvalue weighted by Gasteiger charge is -2.22. The predicted octanol–water partition coefficient (Wildman–Crippen LogP) is 5.32. The second kappa shape index (κ2) is 5.83. The van der Waals surface area contributed by atoms with Crippen LogP contribution in [-0.2, 0) is 5.41 Å². The van der Waals surface area contributed by atoms with Gasteiger partial charge in [-0.3, -0.25) is 0 Å². The zero-order valence-electron chi connectivity index (χ0n) is 12.8. The lowest BCUT2D eigenvalue weighted by molar-refractivity contribution is 0.464. The van der Waals surface area contributed by atoms with E-state index in [1.54, 1.807) is 12.3 Å². The van der Waals surface area contributed by atoms with E-state index < -0.39 is 0 Å². The van der Waals surface area contributed by atoms with Crippen molar-refractivity contribution in [2.75, 3.05) is 0 Å². The third kappa shape index (κ3) is 3.06. The van der Waals surface area contributed by atoms with Crippen molar-refractivity contribution in [1.29, 1.82) is 0 Å². The van der Waals surface area contributed by atoms with Gasteiger partial charge >= 0.3 is 0 Å². The van der Waals surface area contributed by atoms with Crippen molar-refractivity contribution in [3.63, 3.8) is 0 Å². The van der Waals surface area contributed by atoms with Crippen LogP contribution in [0.4, 0.5) is 0 Å². The lowest BCUT2D eigenvalue weighted by Crippen LogP contribution is -2.11. The first-order valence-electron chi connectivity index (χ1n) is 7.14. The Morgan fingerprint density at radius 3 is 2.36 bits per heavy atom. The van der Waals surface area contributed by atoms with Crippen LogP contribution in [-0.4, -0.2) is 9.97 Å². The second-order valence-corrected chi connectivity index (χ2v) is 7.14. The molecule has 0 bridgehead atoms. The fourth-order valence-corrected chi connectivity index (χ4v) is 2.90. The highest BCUT2D eigenvalue weighted by atomic mass is 127. The average molecular weight is 404 g/mol. The Hall–Kier alpha value is -1.69. The Labute approximate surface area is 143 Å². The SMILES string of the molecule is CC(C)(C)c1ccc(Oc2ccnc(I)n2)c2ccccc12. The van der Waals surface area contributed by atoms with E-state index in [1.807, 2.05) is 12.1 Å². The molecule has 0 aliphatic carbocycles. The van der Waals surface area contributed by atoms with Crippen LogP contribution in [0, 0.1) is 3.83 Å². The van der Waals surface area contributed by atoms with Crippen molar-refractivity contribution >= 4 is 33.4 Å². The monoisotopic (exact) mass is 404 g/mol. The Morgan fingerprint density at radius 1 is 0.955 bits per heavy atom. The topological polar surface area (TPSA) is 35.0 Å². The molecule has 4 heteroatoms. The molecule has 0 radical (unpaired) electrons. The van der Waals surface area contributed by atoms with E-state index in [4.69, 9.17) is 4.74 Å². The molecule has 1 heterocycles. The van der Waals surface area contributed by atoms with Gasteiger partial charge < -0.3 is 4.74 Å². The summed E-state index contributed by atoms with van der Waals surface area (Å²) < 4.78 is 6.66. The Kier molecular flexibility index (Phi) is 4.04. The molecule has 0 spiro atoms. The number of ether oxygens (including phenoxy) is 1. The van der Waals surface area contributed by atoms with Gasteiger partial charge in [0.15, 0.2) is 3.83 Å². The molecule has 0 atom stereocenters. The van der Waals surface area contributed by atoms with Crippen LogP contribution in [0.2, 0.25) is 0 Å². The van der Waals surface area contributed by atoms with Crippen LogP contribution >= 0.6 is 22.6 Å². The van der Waals surface area contributed by atoms with E-state index in [-0.39, 0.29) is 5.41 Å². The highest BCUT2D eigenvalue weighted by Gasteiger charge is 2.18.